The van der Waals surface area contributed by atoms with Gasteiger partial charge in [0.05, 0.1) is 0 Å². The van der Waals surface area contributed by atoms with Gasteiger partial charge in [0.15, 0.2) is 11.6 Å². The zero-order chi connectivity index (χ0) is 13.1. The van der Waals surface area contributed by atoms with Crippen molar-refractivity contribution in [1.82, 2.24) is 5.43 Å². The van der Waals surface area contributed by atoms with Crippen LogP contribution in [0.15, 0.2) is 18.2 Å². The first-order chi connectivity index (χ1) is 7.90. The molecule has 0 saturated carbocycles. The second-order valence-electron chi connectivity index (χ2n) is 5.01. The standard InChI is InChI=1S/C13H20F2N2/c1-4-13(2,3)12(17-16)8-9-5-6-10(14)11(15)7-9/h5-7,12,17H,4,8,16H2,1-3H3. The van der Waals surface area contributed by atoms with E-state index in [1.54, 1.807) is 6.07 Å². The summed E-state index contributed by atoms with van der Waals surface area (Å²) in [5.41, 5.74) is 3.50. The molecule has 0 aliphatic carbocycles. The van der Waals surface area contributed by atoms with E-state index < -0.39 is 11.6 Å². The van der Waals surface area contributed by atoms with E-state index in [0.29, 0.717) is 6.42 Å². The molecular formula is C13H20F2N2. The molecule has 0 aliphatic heterocycles. The number of nitrogens with two attached hydrogens (primary N) is 1. The summed E-state index contributed by atoms with van der Waals surface area (Å²) in [4.78, 5) is 0. The Morgan fingerprint density at radius 2 is 1.94 bits per heavy atom. The van der Waals surface area contributed by atoms with Gasteiger partial charge in [-0.15, -0.1) is 0 Å². The molecule has 0 heterocycles. The van der Waals surface area contributed by atoms with Crippen LogP contribution in [0.5, 0.6) is 0 Å². The topological polar surface area (TPSA) is 38.0 Å². The number of halogens is 2. The number of hydrogen-bond donors (Lipinski definition) is 2. The van der Waals surface area contributed by atoms with Crippen LogP contribution in [0.2, 0.25) is 0 Å². The van der Waals surface area contributed by atoms with Crippen molar-refractivity contribution in [3.8, 4) is 0 Å². The highest BCUT2D eigenvalue weighted by Gasteiger charge is 2.27. The Kier molecular flexibility index (Phi) is 4.60. The molecule has 1 atom stereocenters. The van der Waals surface area contributed by atoms with Gasteiger partial charge in [-0.25, -0.2) is 8.78 Å². The van der Waals surface area contributed by atoms with Crippen molar-refractivity contribution in [3.05, 3.63) is 35.4 Å². The molecule has 0 aromatic heterocycles. The Bertz CT molecular complexity index is 378. The normalized spacial score (nSPS) is 13.8. The third-order valence-electron chi connectivity index (χ3n) is 3.48. The molecule has 96 valence electrons. The van der Waals surface area contributed by atoms with Gasteiger partial charge in [-0.2, -0.15) is 0 Å². The lowest BCUT2D eigenvalue weighted by Gasteiger charge is -2.33. The van der Waals surface area contributed by atoms with Gasteiger partial charge in [0, 0.05) is 6.04 Å². The van der Waals surface area contributed by atoms with Crippen molar-refractivity contribution in [3.63, 3.8) is 0 Å². The number of rotatable bonds is 5. The lowest BCUT2D eigenvalue weighted by molar-refractivity contribution is 0.231. The molecule has 0 fully saturated rings. The molecule has 2 nitrogen and oxygen atoms in total. The Morgan fingerprint density at radius 3 is 2.41 bits per heavy atom. The van der Waals surface area contributed by atoms with Crippen molar-refractivity contribution >= 4 is 0 Å². The summed E-state index contributed by atoms with van der Waals surface area (Å²) in [7, 11) is 0. The summed E-state index contributed by atoms with van der Waals surface area (Å²) in [6, 6.07) is 3.99. The van der Waals surface area contributed by atoms with Gasteiger partial charge < -0.3 is 0 Å². The largest absolute Gasteiger partial charge is 0.271 e. The number of hydrogen-bond acceptors (Lipinski definition) is 2. The minimum Gasteiger partial charge on any atom is -0.271 e. The fraction of sp³-hybridized carbons (Fsp3) is 0.538. The number of benzene rings is 1. The molecule has 0 radical (unpaired) electrons. The molecule has 0 aliphatic rings. The smallest absolute Gasteiger partial charge is 0.159 e. The zero-order valence-corrected chi connectivity index (χ0v) is 10.6. The minimum atomic E-state index is -0.819. The highest BCUT2D eigenvalue weighted by Crippen LogP contribution is 2.27. The van der Waals surface area contributed by atoms with Crippen LogP contribution in [0.1, 0.15) is 32.8 Å². The Hall–Kier alpha value is -1.00. The fourth-order valence-electron chi connectivity index (χ4n) is 1.71. The van der Waals surface area contributed by atoms with Gasteiger partial charge in [-0.3, -0.25) is 11.3 Å². The molecule has 0 bridgehead atoms. The van der Waals surface area contributed by atoms with Crippen LogP contribution in [0.4, 0.5) is 8.78 Å². The molecule has 1 unspecified atom stereocenters. The summed E-state index contributed by atoms with van der Waals surface area (Å²) in [5, 5.41) is 0. The molecule has 1 aromatic rings. The quantitative estimate of drug-likeness (QED) is 0.615. The van der Waals surface area contributed by atoms with E-state index in [0.717, 1.165) is 18.1 Å². The van der Waals surface area contributed by atoms with Crippen molar-refractivity contribution in [2.75, 3.05) is 0 Å². The van der Waals surface area contributed by atoms with Crippen molar-refractivity contribution in [2.45, 2.75) is 39.7 Å². The first-order valence-corrected chi connectivity index (χ1v) is 5.80. The molecule has 0 amide bonds. The third-order valence-corrected chi connectivity index (χ3v) is 3.48. The van der Waals surface area contributed by atoms with E-state index in [-0.39, 0.29) is 11.5 Å². The van der Waals surface area contributed by atoms with Crippen LogP contribution in [-0.2, 0) is 6.42 Å². The maximum absolute atomic E-state index is 13.1. The van der Waals surface area contributed by atoms with Crippen LogP contribution in [0, 0.1) is 17.0 Å². The van der Waals surface area contributed by atoms with Crippen LogP contribution >= 0.6 is 0 Å². The van der Waals surface area contributed by atoms with E-state index in [4.69, 9.17) is 5.84 Å². The Labute approximate surface area is 101 Å². The molecule has 0 spiro atoms. The summed E-state index contributed by atoms with van der Waals surface area (Å²) in [6.07, 6.45) is 1.53. The van der Waals surface area contributed by atoms with Gasteiger partial charge in [0.2, 0.25) is 0 Å². The molecule has 1 rings (SSSR count). The summed E-state index contributed by atoms with van der Waals surface area (Å²) in [5.74, 6) is 3.90. The van der Waals surface area contributed by atoms with Gasteiger partial charge in [0.25, 0.3) is 0 Å². The number of hydrazine groups is 1. The number of nitrogens with one attached hydrogen (secondary N) is 1. The van der Waals surface area contributed by atoms with Crippen LogP contribution in [0.3, 0.4) is 0 Å². The molecule has 1 aromatic carbocycles. The lowest BCUT2D eigenvalue weighted by Crippen LogP contribution is -2.46. The Morgan fingerprint density at radius 1 is 1.29 bits per heavy atom. The minimum absolute atomic E-state index is 0.000385. The van der Waals surface area contributed by atoms with Crippen LogP contribution in [-0.4, -0.2) is 6.04 Å². The van der Waals surface area contributed by atoms with Gasteiger partial charge in [0.1, 0.15) is 0 Å². The SMILES string of the molecule is CCC(C)(C)C(Cc1ccc(F)c(F)c1)NN. The highest BCUT2D eigenvalue weighted by molar-refractivity contribution is 5.19. The van der Waals surface area contributed by atoms with Crippen molar-refractivity contribution < 1.29 is 8.78 Å². The Balaban J connectivity index is 2.84. The molecule has 0 saturated heterocycles. The summed E-state index contributed by atoms with van der Waals surface area (Å²) in [6.45, 7) is 6.27. The second-order valence-corrected chi connectivity index (χ2v) is 5.01. The highest BCUT2D eigenvalue weighted by atomic mass is 19.2. The lowest BCUT2D eigenvalue weighted by atomic mass is 9.79. The van der Waals surface area contributed by atoms with E-state index in [9.17, 15) is 8.78 Å². The first kappa shape index (κ1) is 14.1. The van der Waals surface area contributed by atoms with Crippen LogP contribution < -0.4 is 11.3 Å². The molecule has 4 heteroatoms. The summed E-state index contributed by atoms with van der Waals surface area (Å²) < 4.78 is 25.9. The molecule has 17 heavy (non-hydrogen) atoms. The maximum atomic E-state index is 13.1. The zero-order valence-electron chi connectivity index (χ0n) is 10.6. The predicted octanol–water partition coefficient (Wildman–Crippen LogP) is 2.78. The average molecular weight is 242 g/mol. The second kappa shape index (κ2) is 5.56. The van der Waals surface area contributed by atoms with Gasteiger partial charge in [-0.1, -0.05) is 26.8 Å². The molecule has 3 N–H and O–H groups in total. The van der Waals surface area contributed by atoms with Crippen molar-refractivity contribution in [2.24, 2.45) is 11.3 Å². The van der Waals surface area contributed by atoms with E-state index in [1.807, 2.05) is 0 Å². The van der Waals surface area contributed by atoms with Gasteiger partial charge in [-0.05, 0) is 36.0 Å². The van der Waals surface area contributed by atoms with E-state index >= 15 is 0 Å². The molecular weight excluding hydrogens is 222 g/mol. The van der Waals surface area contributed by atoms with E-state index in [2.05, 4.69) is 26.2 Å². The third kappa shape index (κ3) is 3.48. The van der Waals surface area contributed by atoms with Crippen molar-refractivity contribution in [1.29, 1.82) is 0 Å². The maximum Gasteiger partial charge on any atom is 0.159 e. The van der Waals surface area contributed by atoms with Crippen LogP contribution in [0.25, 0.3) is 0 Å². The summed E-state index contributed by atoms with van der Waals surface area (Å²) >= 11 is 0. The van der Waals surface area contributed by atoms with E-state index in [1.165, 1.54) is 6.07 Å². The first-order valence-electron chi connectivity index (χ1n) is 5.80. The predicted molar refractivity (Wildman–Crippen MR) is 65.2 cm³/mol. The fourth-order valence-corrected chi connectivity index (χ4v) is 1.71. The monoisotopic (exact) mass is 242 g/mol. The average Bonchev–Trinajstić information content (AvgIpc) is 2.30. The van der Waals surface area contributed by atoms with Gasteiger partial charge >= 0.3 is 0 Å².